The molecule has 5 nitrogen and oxygen atoms in total. The zero-order chi connectivity index (χ0) is 9.26. The van der Waals surface area contributed by atoms with Gasteiger partial charge in [0.15, 0.2) is 5.65 Å². The molecule has 2 heterocycles. The minimum absolute atomic E-state index is 0.187. The van der Waals surface area contributed by atoms with Crippen LogP contribution in [0.15, 0.2) is 24.7 Å². The van der Waals surface area contributed by atoms with Crippen molar-refractivity contribution >= 4 is 5.65 Å². The van der Waals surface area contributed by atoms with Crippen LogP contribution in [0.1, 0.15) is 11.7 Å². The third-order valence-electron chi connectivity index (χ3n) is 1.94. The van der Waals surface area contributed by atoms with E-state index in [0.29, 0.717) is 11.2 Å². The molecule has 0 aliphatic rings. The van der Waals surface area contributed by atoms with Gasteiger partial charge in [-0.05, 0) is 6.07 Å². The summed E-state index contributed by atoms with van der Waals surface area (Å²) in [4.78, 5) is 0. The molecule has 0 spiro atoms. The van der Waals surface area contributed by atoms with Crippen molar-refractivity contribution in [2.75, 3.05) is 6.54 Å². The Morgan fingerprint density at radius 1 is 1.62 bits per heavy atom. The van der Waals surface area contributed by atoms with E-state index in [1.807, 2.05) is 12.3 Å². The summed E-state index contributed by atoms with van der Waals surface area (Å²) in [6.45, 7) is 0.187. The summed E-state index contributed by atoms with van der Waals surface area (Å²) in [5.74, 6) is 0. The summed E-state index contributed by atoms with van der Waals surface area (Å²) in [7, 11) is 0. The van der Waals surface area contributed by atoms with Crippen molar-refractivity contribution in [3.8, 4) is 0 Å². The van der Waals surface area contributed by atoms with Crippen molar-refractivity contribution < 1.29 is 5.11 Å². The number of hydrogen-bond donors (Lipinski definition) is 2. The third-order valence-corrected chi connectivity index (χ3v) is 1.94. The SMILES string of the molecule is NCC(O)c1cccn2cnnc12. The highest BCUT2D eigenvalue weighted by Crippen LogP contribution is 2.15. The van der Waals surface area contributed by atoms with Gasteiger partial charge in [-0.15, -0.1) is 10.2 Å². The van der Waals surface area contributed by atoms with E-state index in [1.54, 1.807) is 16.8 Å². The first-order valence-corrected chi connectivity index (χ1v) is 3.99. The molecule has 1 atom stereocenters. The van der Waals surface area contributed by atoms with Gasteiger partial charge in [0.2, 0.25) is 0 Å². The van der Waals surface area contributed by atoms with Gasteiger partial charge in [-0.2, -0.15) is 0 Å². The van der Waals surface area contributed by atoms with Gasteiger partial charge in [-0.25, -0.2) is 0 Å². The van der Waals surface area contributed by atoms with Gasteiger partial charge in [-0.3, -0.25) is 4.40 Å². The largest absolute Gasteiger partial charge is 0.387 e. The first-order valence-electron chi connectivity index (χ1n) is 3.99. The lowest BCUT2D eigenvalue weighted by Crippen LogP contribution is -2.12. The molecular weight excluding hydrogens is 168 g/mol. The number of pyridine rings is 1. The van der Waals surface area contributed by atoms with Gasteiger partial charge in [0.1, 0.15) is 6.33 Å². The van der Waals surface area contributed by atoms with E-state index in [0.717, 1.165) is 0 Å². The van der Waals surface area contributed by atoms with E-state index in [1.165, 1.54) is 0 Å². The first-order chi connectivity index (χ1) is 6.33. The Hall–Kier alpha value is -1.46. The highest BCUT2D eigenvalue weighted by molar-refractivity contribution is 5.47. The average Bonchev–Trinajstić information content (AvgIpc) is 2.63. The molecule has 2 aromatic heterocycles. The Labute approximate surface area is 74.8 Å². The van der Waals surface area contributed by atoms with Crippen molar-refractivity contribution in [3.63, 3.8) is 0 Å². The zero-order valence-electron chi connectivity index (χ0n) is 6.96. The van der Waals surface area contributed by atoms with Crippen molar-refractivity contribution in [2.45, 2.75) is 6.10 Å². The van der Waals surface area contributed by atoms with E-state index >= 15 is 0 Å². The predicted molar refractivity (Wildman–Crippen MR) is 47.0 cm³/mol. The summed E-state index contributed by atoms with van der Waals surface area (Å²) in [6.07, 6.45) is 2.73. The van der Waals surface area contributed by atoms with Gasteiger partial charge in [0, 0.05) is 18.3 Å². The Morgan fingerprint density at radius 2 is 2.46 bits per heavy atom. The van der Waals surface area contributed by atoms with Gasteiger partial charge in [0.25, 0.3) is 0 Å². The lowest BCUT2D eigenvalue weighted by molar-refractivity contribution is 0.187. The maximum atomic E-state index is 9.54. The van der Waals surface area contributed by atoms with Gasteiger partial charge in [0.05, 0.1) is 6.10 Å². The van der Waals surface area contributed by atoms with E-state index < -0.39 is 6.10 Å². The molecule has 3 N–H and O–H groups in total. The van der Waals surface area contributed by atoms with Crippen molar-refractivity contribution in [1.29, 1.82) is 0 Å². The van der Waals surface area contributed by atoms with Crippen LogP contribution in [0.4, 0.5) is 0 Å². The van der Waals surface area contributed by atoms with Crippen LogP contribution in [0.2, 0.25) is 0 Å². The van der Waals surface area contributed by atoms with Gasteiger partial charge < -0.3 is 10.8 Å². The molecule has 0 aliphatic heterocycles. The van der Waals surface area contributed by atoms with Gasteiger partial charge in [-0.1, -0.05) is 6.07 Å². The summed E-state index contributed by atoms with van der Waals surface area (Å²) in [6, 6.07) is 3.62. The highest BCUT2D eigenvalue weighted by Gasteiger charge is 2.10. The number of nitrogens with two attached hydrogens (primary N) is 1. The average molecular weight is 178 g/mol. The van der Waals surface area contributed by atoms with Crippen LogP contribution in [0, 0.1) is 0 Å². The fourth-order valence-electron chi connectivity index (χ4n) is 1.26. The van der Waals surface area contributed by atoms with Gasteiger partial charge >= 0.3 is 0 Å². The standard InChI is InChI=1S/C8H10N4O/c9-4-7(13)6-2-1-3-12-5-10-11-8(6)12/h1-3,5,7,13H,4,9H2. The first kappa shape index (κ1) is 8.15. The smallest absolute Gasteiger partial charge is 0.166 e. The second-order valence-corrected chi connectivity index (χ2v) is 2.78. The summed E-state index contributed by atoms with van der Waals surface area (Å²) in [5.41, 5.74) is 6.72. The van der Waals surface area contributed by atoms with Crippen LogP contribution < -0.4 is 5.73 Å². The number of fused-ring (bicyclic) bond motifs is 1. The number of hydrogen-bond acceptors (Lipinski definition) is 4. The van der Waals surface area contributed by atoms with Crippen molar-refractivity contribution in [2.24, 2.45) is 5.73 Å². The van der Waals surface area contributed by atoms with E-state index in [2.05, 4.69) is 10.2 Å². The van der Waals surface area contributed by atoms with Crippen LogP contribution in [-0.4, -0.2) is 26.2 Å². The van der Waals surface area contributed by atoms with E-state index in [9.17, 15) is 5.11 Å². The van der Waals surface area contributed by atoms with Crippen LogP contribution in [-0.2, 0) is 0 Å². The summed E-state index contributed by atoms with van der Waals surface area (Å²) >= 11 is 0. The number of nitrogens with zero attached hydrogens (tertiary/aromatic N) is 3. The number of aliphatic hydroxyl groups excluding tert-OH is 1. The molecule has 1 unspecified atom stereocenters. The lowest BCUT2D eigenvalue weighted by Gasteiger charge is -2.07. The zero-order valence-corrected chi connectivity index (χ0v) is 6.96. The summed E-state index contributed by atoms with van der Waals surface area (Å²) < 4.78 is 1.74. The second kappa shape index (κ2) is 3.12. The maximum absolute atomic E-state index is 9.54. The molecule has 5 heteroatoms. The molecule has 2 aromatic rings. The van der Waals surface area contributed by atoms with Crippen molar-refractivity contribution in [1.82, 2.24) is 14.6 Å². The molecule has 0 radical (unpaired) electrons. The molecule has 0 bridgehead atoms. The quantitative estimate of drug-likeness (QED) is 0.663. The normalized spacial score (nSPS) is 13.4. The molecular formula is C8H10N4O. The Kier molecular flexibility index (Phi) is 1.96. The molecule has 0 saturated heterocycles. The van der Waals surface area contributed by atoms with Crippen molar-refractivity contribution in [3.05, 3.63) is 30.2 Å². The van der Waals surface area contributed by atoms with Crippen LogP contribution in [0.25, 0.3) is 5.65 Å². The number of aromatic nitrogens is 3. The molecule has 68 valence electrons. The maximum Gasteiger partial charge on any atom is 0.166 e. The molecule has 13 heavy (non-hydrogen) atoms. The Morgan fingerprint density at radius 3 is 3.23 bits per heavy atom. The molecule has 0 aromatic carbocycles. The Balaban J connectivity index is 2.60. The Bertz CT molecular complexity index is 411. The number of rotatable bonds is 2. The van der Waals surface area contributed by atoms with Crippen LogP contribution in [0.5, 0.6) is 0 Å². The predicted octanol–water partition coefficient (Wildman–Crippen LogP) is -0.279. The second-order valence-electron chi connectivity index (χ2n) is 2.78. The molecule has 0 saturated carbocycles. The lowest BCUT2D eigenvalue weighted by atomic mass is 10.1. The summed E-state index contributed by atoms with van der Waals surface area (Å²) in [5, 5.41) is 17.2. The van der Waals surface area contributed by atoms with Crippen LogP contribution in [0.3, 0.4) is 0 Å². The molecule has 0 aliphatic carbocycles. The van der Waals surface area contributed by atoms with Crippen LogP contribution >= 0.6 is 0 Å². The molecule has 2 rings (SSSR count). The number of aliphatic hydroxyl groups is 1. The fourth-order valence-corrected chi connectivity index (χ4v) is 1.26. The monoisotopic (exact) mass is 178 g/mol. The van der Waals surface area contributed by atoms with E-state index in [4.69, 9.17) is 5.73 Å². The minimum atomic E-state index is -0.673. The molecule has 0 fully saturated rings. The highest BCUT2D eigenvalue weighted by atomic mass is 16.3. The fraction of sp³-hybridized carbons (Fsp3) is 0.250. The minimum Gasteiger partial charge on any atom is -0.387 e. The topological polar surface area (TPSA) is 76.4 Å². The third kappa shape index (κ3) is 1.28. The molecule has 0 amide bonds. The van der Waals surface area contributed by atoms with E-state index in [-0.39, 0.29) is 6.54 Å².